The van der Waals surface area contributed by atoms with Crippen molar-refractivity contribution in [2.45, 2.75) is 32.9 Å². The van der Waals surface area contributed by atoms with Crippen LogP contribution in [-0.4, -0.2) is 39.2 Å². The van der Waals surface area contributed by atoms with Gasteiger partial charge in [0.2, 0.25) is 5.91 Å². The van der Waals surface area contributed by atoms with Gasteiger partial charge in [-0.25, -0.2) is 4.99 Å². The molecule has 2 N–H and O–H groups in total. The molecule has 1 aliphatic heterocycles. The second-order valence-corrected chi connectivity index (χ2v) is 7.05. The van der Waals surface area contributed by atoms with Crippen LogP contribution in [0.2, 0.25) is 0 Å². The zero-order valence-corrected chi connectivity index (χ0v) is 20.6. The van der Waals surface area contributed by atoms with E-state index in [0.29, 0.717) is 31.0 Å². The number of nitrogens with zero attached hydrogens (tertiary/aromatic N) is 2. The van der Waals surface area contributed by atoms with E-state index in [0.717, 1.165) is 42.3 Å². The second kappa shape index (κ2) is 12.4. The van der Waals surface area contributed by atoms with Gasteiger partial charge in [-0.1, -0.05) is 18.2 Å². The fourth-order valence-corrected chi connectivity index (χ4v) is 3.39. The molecule has 2 aromatic rings. The van der Waals surface area contributed by atoms with Crippen LogP contribution in [-0.2, 0) is 17.9 Å². The number of amides is 1. The molecule has 0 bridgehead atoms. The number of aliphatic imine (C=N–C) groups is 1. The number of methoxy groups -OCH3 is 2. The number of anilines is 1. The number of carbonyl (C=O) groups excluding carboxylic acids is 1. The van der Waals surface area contributed by atoms with E-state index in [1.165, 1.54) is 0 Å². The van der Waals surface area contributed by atoms with Crippen LogP contribution in [0.5, 0.6) is 11.5 Å². The third-order valence-corrected chi connectivity index (χ3v) is 4.99. The van der Waals surface area contributed by atoms with E-state index in [4.69, 9.17) is 9.47 Å². The Balaban J connectivity index is 0.00000341. The van der Waals surface area contributed by atoms with Gasteiger partial charge in [0.25, 0.3) is 0 Å². The molecule has 1 fully saturated rings. The molecule has 0 unspecified atom stereocenters. The van der Waals surface area contributed by atoms with Gasteiger partial charge in [0.05, 0.1) is 20.8 Å². The molecular formula is C23H31IN4O3. The van der Waals surface area contributed by atoms with Gasteiger partial charge in [0.15, 0.2) is 17.5 Å². The minimum absolute atomic E-state index is 0. The van der Waals surface area contributed by atoms with Crippen LogP contribution in [0.3, 0.4) is 0 Å². The first-order valence-electron chi connectivity index (χ1n) is 10.3. The summed E-state index contributed by atoms with van der Waals surface area (Å²) >= 11 is 0. The molecule has 0 aliphatic carbocycles. The monoisotopic (exact) mass is 538 g/mol. The van der Waals surface area contributed by atoms with Crippen LogP contribution in [0.15, 0.2) is 47.5 Å². The number of rotatable bonds is 8. The quantitative estimate of drug-likeness (QED) is 0.305. The summed E-state index contributed by atoms with van der Waals surface area (Å²) in [6, 6.07) is 13.9. The molecule has 0 radical (unpaired) electrons. The van der Waals surface area contributed by atoms with E-state index in [1.54, 1.807) is 14.2 Å². The lowest BCUT2D eigenvalue weighted by Crippen LogP contribution is -2.36. The molecular weight excluding hydrogens is 507 g/mol. The minimum atomic E-state index is 0. The van der Waals surface area contributed by atoms with Crippen molar-refractivity contribution in [3.05, 3.63) is 53.6 Å². The molecule has 0 atom stereocenters. The number of benzene rings is 2. The Morgan fingerprint density at radius 3 is 2.35 bits per heavy atom. The summed E-state index contributed by atoms with van der Waals surface area (Å²) in [4.78, 5) is 18.4. The fraction of sp³-hybridized carbons (Fsp3) is 0.391. The van der Waals surface area contributed by atoms with E-state index >= 15 is 0 Å². The van der Waals surface area contributed by atoms with E-state index in [1.807, 2.05) is 54.3 Å². The number of carbonyl (C=O) groups is 1. The smallest absolute Gasteiger partial charge is 0.227 e. The molecule has 8 heteroatoms. The van der Waals surface area contributed by atoms with E-state index < -0.39 is 0 Å². The average molecular weight is 538 g/mol. The Bertz CT molecular complexity index is 887. The summed E-state index contributed by atoms with van der Waals surface area (Å²) in [6.45, 7) is 4.78. The van der Waals surface area contributed by atoms with Crippen molar-refractivity contribution < 1.29 is 14.3 Å². The fourth-order valence-electron chi connectivity index (χ4n) is 3.39. The van der Waals surface area contributed by atoms with Gasteiger partial charge in [0.1, 0.15) is 0 Å². The maximum atomic E-state index is 11.9. The van der Waals surface area contributed by atoms with Crippen LogP contribution < -0.4 is 25.0 Å². The van der Waals surface area contributed by atoms with Crippen LogP contribution in [0.25, 0.3) is 0 Å². The van der Waals surface area contributed by atoms with Crippen LogP contribution in [0.1, 0.15) is 30.9 Å². The lowest BCUT2D eigenvalue weighted by molar-refractivity contribution is -0.117. The highest BCUT2D eigenvalue weighted by Crippen LogP contribution is 2.27. The zero-order chi connectivity index (χ0) is 21.3. The summed E-state index contributed by atoms with van der Waals surface area (Å²) in [5.41, 5.74) is 3.13. The molecule has 0 aromatic heterocycles. The predicted molar refractivity (Wildman–Crippen MR) is 135 cm³/mol. The summed E-state index contributed by atoms with van der Waals surface area (Å²) in [5.74, 6) is 2.35. The largest absolute Gasteiger partial charge is 0.493 e. The van der Waals surface area contributed by atoms with Crippen molar-refractivity contribution in [2.75, 3.05) is 32.2 Å². The van der Waals surface area contributed by atoms with Gasteiger partial charge in [-0.15, -0.1) is 24.0 Å². The van der Waals surface area contributed by atoms with Gasteiger partial charge in [-0.3, -0.25) is 4.79 Å². The van der Waals surface area contributed by atoms with Gasteiger partial charge in [-0.05, 0) is 48.7 Å². The first-order chi connectivity index (χ1) is 14.6. The van der Waals surface area contributed by atoms with Crippen molar-refractivity contribution >= 4 is 41.5 Å². The van der Waals surface area contributed by atoms with Crippen molar-refractivity contribution in [1.82, 2.24) is 10.6 Å². The number of halogens is 1. The minimum Gasteiger partial charge on any atom is -0.493 e. The zero-order valence-electron chi connectivity index (χ0n) is 18.3. The molecule has 1 aliphatic rings. The van der Waals surface area contributed by atoms with Gasteiger partial charge >= 0.3 is 0 Å². The molecule has 0 spiro atoms. The highest BCUT2D eigenvalue weighted by Gasteiger charge is 2.21. The summed E-state index contributed by atoms with van der Waals surface area (Å²) in [7, 11) is 3.25. The summed E-state index contributed by atoms with van der Waals surface area (Å²) in [6.07, 6.45) is 1.58. The molecule has 168 valence electrons. The lowest BCUT2D eigenvalue weighted by Gasteiger charge is -2.16. The Morgan fingerprint density at radius 1 is 1.03 bits per heavy atom. The number of ether oxygens (including phenoxy) is 2. The van der Waals surface area contributed by atoms with Crippen molar-refractivity contribution in [1.29, 1.82) is 0 Å². The van der Waals surface area contributed by atoms with Gasteiger partial charge in [-0.2, -0.15) is 0 Å². The van der Waals surface area contributed by atoms with Crippen LogP contribution >= 0.6 is 24.0 Å². The first-order valence-corrected chi connectivity index (χ1v) is 10.3. The molecule has 0 saturated carbocycles. The van der Waals surface area contributed by atoms with E-state index in [9.17, 15) is 4.79 Å². The topological polar surface area (TPSA) is 75.2 Å². The molecule has 1 heterocycles. The highest BCUT2D eigenvalue weighted by molar-refractivity contribution is 14.0. The first kappa shape index (κ1) is 24.8. The lowest BCUT2D eigenvalue weighted by atomic mass is 10.2. The summed E-state index contributed by atoms with van der Waals surface area (Å²) in [5, 5.41) is 6.62. The standard InChI is InChI=1S/C23H30N4O3.HI/c1-4-24-23(26-16-18-9-12-20(29-2)21(14-18)30-3)25-15-17-7-10-19(11-8-17)27-13-5-6-22(27)28;/h7-12,14H,4-6,13,15-16H2,1-3H3,(H2,24,25,26);1H. The highest BCUT2D eigenvalue weighted by atomic mass is 127. The van der Waals surface area contributed by atoms with Gasteiger partial charge < -0.3 is 25.0 Å². The van der Waals surface area contributed by atoms with Crippen molar-refractivity contribution in [3.63, 3.8) is 0 Å². The summed E-state index contributed by atoms with van der Waals surface area (Å²) < 4.78 is 10.6. The Hall–Kier alpha value is -2.49. The molecule has 1 amide bonds. The second-order valence-electron chi connectivity index (χ2n) is 7.05. The normalized spacial score (nSPS) is 13.6. The average Bonchev–Trinajstić information content (AvgIpc) is 3.21. The maximum absolute atomic E-state index is 11.9. The third kappa shape index (κ3) is 6.75. The SMILES string of the molecule is CCNC(=NCc1ccc(OC)c(OC)c1)NCc1ccc(N2CCCC2=O)cc1.I. The van der Waals surface area contributed by atoms with Gasteiger partial charge in [0, 0.05) is 31.7 Å². The molecule has 3 rings (SSSR count). The molecule has 1 saturated heterocycles. The van der Waals surface area contributed by atoms with E-state index in [-0.39, 0.29) is 29.9 Å². The maximum Gasteiger partial charge on any atom is 0.227 e. The predicted octanol–water partition coefficient (Wildman–Crippen LogP) is 3.70. The third-order valence-electron chi connectivity index (χ3n) is 4.99. The van der Waals surface area contributed by atoms with Crippen LogP contribution in [0, 0.1) is 0 Å². The molecule has 7 nitrogen and oxygen atoms in total. The Kier molecular flexibility index (Phi) is 9.90. The van der Waals surface area contributed by atoms with Crippen molar-refractivity contribution in [3.8, 4) is 11.5 Å². The number of hydrogen-bond acceptors (Lipinski definition) is 4. The van der Waals surface area contributed by atoms with Crippen molar-refractivity contribution in [2.24, 2.45) is 4.99 Å². The Labute approximate surface area is 201 Å². The Morgan fingerprint density at radius 2 is 1.74 bits per heavy atom. The number of guanidine groups is 1. The van der Waals surface area contributed by atoms with Crippen LogP contribution in [0.4, 0.5) is 5.69 Å². The number of nitrogens with one attached hydrogen (secondary N) is 2. The van der Waals surface area contributed by atoms with E-state index in [2.05, 4.69) is 15.6 Å². The molecule has 31 heavy (non-hydrogen) atoms. The molecule has 2 aromatic carbocycles. The number of hydrogen-bond donors (Lipinski definition) is 2.